The number of carbonyl (C=O) groups is 1. The maximum absolute atomic E-state index is 14.9. The molecule has 0 saturated carbocycles. The van der Waals surface area contributed by atoms with Gasteiger partial charge in [-0.05, 0) is 62.3 Å². The van der Waals surface area contributed by atoms with Gasteiger partial charge in [-0.3, -0.25) is 9.89 Å². The highest BCUT2D eigenvalue weighted by molar-refractivity contribution is 9.10. The van der Waals surface area contributed by atoms with Gasteiger partial charge >= 0.3 is 0 Å². The van der Waals surface area contributed by atoms with Crippen LogP contribution in [0.15, 0.2) is 40.9 Å². The van der Waals surface area contributed by atoms with Crippen LogP contribution in [0.3, 0.4) is 0 Å². The van der Waals surface area contributed by atoms with Crippen LogP contribution in [0.4, 0.5) is 4.39 Å². The van der Waals surface area contributed by atoms with Gasteiger partial charge in [-0.2, -0.15) is 5.10 Å². The minimum absolute atomic E-state index is 0.0452. The van der Waals surface area contributed by atoms with E-state index in [0.717, 1.165) is 46.9 Å². The lowest BCUT2D eigenvalue weighted by Gasteiger charge is -2.24. The Morgan fingerprint density at radius 1 is 1.23 bits per heavy atom. The lowest BCUT2D eigenvalue weighted by atomic mass is 10.0. The maximum Gasteiger partial charge on any atom is 0.239 e. The van der Waals surface area contributed by atoms with Crippen LogP contribution in [0.1, 0.15) is 18.4 Å². The Labute approximate surface area is 189 Å². The Morgan fingerprint density at radius 2 is 2.06 bits per heavy atom. The highest BCUT2D eigenvalue weighted by Gasteiger charge is 2.24. The Morgan fingerprint density at radius 3 is 2.81 bits per heavy atom. The number of benzene rings is 2. The molecule has 1 amide bonds. The third-order valence-electron chi connectivity index (χ3n) is 5.82. The molecule has 3 aromatic rings. The third-order valence-corrected chi connectivity index (χ3v) is 6.31. The van der Waals surface area contributed by atoms with E-state index >= 15 is 0 Å². The van der Waals surface area contributed by atoms with Crippen molar-refractivity contribution in [3.63, 3.8) is 0 Å². The van der Waals surface area contributed by atoms with Gasteiger partial charge in [-0.1, -0.05) is 22.0 Å². The molecule has 0 spiro atoms. The summed E-state index contributed by atoms with van der Waals surface area (Å²) in [6, 6.07) is 11.0. The second-order valence-electron chi connectivity index (χ2n) is 8.22. The summed E-state index contributed by atoms with van der Waals surface area (Å²) in [5, 5.41) is 11.4. The van der Waals surface area contributed by atoms with E-state index in [0.29, 0.717) is 24.3 Å². The Kier molecular flexibility index (Phi) is 6.69. The predicted molar refractivity (Wildman–Crippen MR) is 124 cm³/mol. The summed E-state index contributed by atoms with van der Waals surface area (Å²) in [6.07, 6.45) is 1.96. The van der Waals surface area contributed by atoms with Crippen LogP contribution in [-0.4, -0.2) is 65.7 Å². The molecule has 1 aliphatic heterocycles. The number of amides is 1. The molecule has 4 rings (SSSR count). The van der Waals surface area contributed by atoms with Gasteiger partial charge in [0.15, 0.2) is 0 Å². The van der Waals surface area contributed by atoms with Crippen molar-refractivity contribution in [2.45, 2.75) is 25.4 Å². The Balaban J connectivity index is 1.38. The van der Waals surface area contributed by atoms with Crippen LogP contribution in [-0.2, 0) is 11.3 Å². The standard InChI is InChI=1S/C23H27BrFN5O/c1-29(10-11-30(2)23(31)20-4-3-9-26-20)14-15-5-7-17(19(25)12-15)22-18-8-6-16(24)13-21(18)27-28-22/h5-8,12-13,20,26H,3-4,9-11,14H2,1-2H3,(H,27,28)/t20-/m1/s1. The largest absolute Gasteiger partial charge is 0.343 e. The van der Waals surface area contributed by atoms with E-state index in [1.807, 2.05) is 38.4 Å². The van der Waals surface area contributed by atoms with Gasteiger partial charge in [0.1, 0.15) is 11.5 Å². The summed E-state index contributed by atoms with van der Waals surface area (Å²) in [5.74, 6) is -0.138. The minimum Gasteiger partial charge on any atom is -0.343 e. The summed E-state index contributed by atoms with van der Waals surface area (Å²) >= 11 is 3.44. The highest BCUT2D eigenvalue weighted by atomic mass is 79.9. The van der Waals surface area contributed by atoms with Crippen molar-refractivity contribution in [1.82, 2.24) is 25.3 Å². The summed E-state index contributed by atoms with van der Waals surface area (Å²) in [5.41, 5.74) is 2.84. The number of nitrogens with one attached hydrogen (secondary N) is 2. The zero-order chi connectivity index (χ0) is 22.0. The molecule has 0 aliphatic carbocycles. The summed E-state index contributed by atoms with van der Waals surface area (Å²) in [4.78, 5) is 16.3. The van der Waals surface area contributed by atoms with Gasteiger partial charge in [0, 0.05) is 42.1 Å². The normalized spacial score (nSPS) is 16.4. The van der Waals surface area contributed by atoms with Crippen molar-refractivity contribution in [1.29, 1.82) is 0 Å². The quantitative estimate of drug-likeness (QED) is 0.532. The number of hydrogen-bond donors (Lipinski definition) is 2. The van der Waals surface area contributed by atoms with Gasteiger partial charge < -0.3 is 15.1 Å². The zero-order valence-corrected chi connectivity index (χ0v) is 19.4. The fourth-order valence-corrected chi connectivity index (χ4v) is 4.39. The number of H-pyrrole nitrogens is 1. The molecule has 2 aromatic carbocycles. The van der Waals surface area contributed by atoms with Gasteiger partial charge in [0.25, 0.3) is 0 Å². The molecular weight excluding hydrogens is 461 g/mol. The van der Waals surface area contributed by atoms with E-state index in [4.69, 9.17) is 0 Å². The average Bonchev–Trinajstić information content (AvgIpc) is 3.41. The molecule has 1 aliphatic rings. The number of halogens is 2. The molecule has 2 N–H and O–H groups in total. The molecule has 1 aromatic heterocycles. The van der Waals surface area contributed by atoms with Gasteiger partial charge in [0.2, 0.25) is 5.91 Å². The van der Waals surface area contributed by atoms with Crippen molar-refractivity contribution in [3.8, 4) is 11.3 Å². The molecule has 0 unspecified atom stereocenters. The second kappa shape index (κ2) is 9.46. The Bertz CT molecular complexity index is 1080. The number of rotatable bonds is 7. The molecule has 1 fully saturated rings. The molecule has 31 heavy (non-hydrogen) atoms. The van der Waals surface area contributed by atoms with E-state index < -0.39 is 0 Å². The second-order valence-corrected chi connectivity index (χ2v) is 9.14. The topological polar surface area (TPSA) is 64.3 Å². The monoisotopic (exact) mass is 487 g/mol. The van der Waals surface area contributed by atoms with Crippen molar-refractivity contribution in [2.75, 3.05) is 33.7 Å². The van der Waals surface area contributed by atoms with Crippen LogP contribution in [0.25, 0.3) is 22.2 Å². The number of carbonyl (C=O) groups excluding carboxylic acids is 1. The number of likely N-dealkylation sites (N-methyl/N-ethyl adjacent to an activating group) is 2. The van der Waals surface area contributed by atoms with Gasteiger partial charge in [-0.25, -0.2) is 4.39 Å². The molecule has 0 radical (unpaired) electrons. The van der Waals surface area contributed by atoms with Crippen LogP contribution < -0.4 is 5.32 Å². The van der Waals surface area contributed by atoms with Crippen molar-refractivity contribution >= 4 is 32.7 Å². The van der Waals surface area contributed by atoms with Gasteiger partial charge in [0.05, 0.1) is 11.6 Å². The number of fused-ring (bicyclic) bond motifs is 1. The van der Waals surface area contributed by atoms with Crippen LogP contribution in [0, 0.1) is 5.82 Å². The van der Waals surface area contributed by atoms with Crippen molar-refractivity contribution in [3.05, 3.63) is 52.3 Å². The Hall–Kier alpha value is -2.29. The minimum atomic E-state index is -0.290. The van der Waals surface area contributed by atoms with E-state index in [-0.39, 0.29) is 17.8 Å². The van der Waals surface area contributed by atoms with Crippen LogP contribution >= 0.6 is 15.9 Å². The first kappa shape index (κ1) is 21.9. The van der Waals surface area contributed by atoms with Crippen molar-refractivity contribution in [2.24, 2.45) is 0 Å². The first-order valence-corrected chi connectivity index (χ1v) is 11.3. The summed E-state index contributed by atoms with van der Waals surface area (Å²) in [7, 11) is 3.83. The lowest BCUT2D eigenvalue weighted by Crippen LogP contribution is -2.44. The average molecular weight is 488 g/mol. The molecule has 8 heteroatoms. The fraction of sp³-hybridized carbons (Fsp3) is 0.391. The zero-order valence-electron chi connectivity index (χ0n) is 17.8. The molecule has 0 bridgehead atoms. The predicted octanol–water partition coefficient (Wildman–Crippen LogP) is 3.77. The van der Waals surface area contributed by atoms with Crippen LogP contribution in [0.2, 0.25) is 0 Å². The van der Waals surface area contributed by atoms with Crippen LogP contribution in [0.5, 0.6) is 0 Å². The SMILES string of the molecule is CN(CCN(C)C(=O)[C@H]1CCCN1)Cc1ccc(-c2n[nH]c3cc(Br)ccc23)c(F)c1. The maximum atomic E-state index is 14.9. The molecule has 6 nitrogen and oxygen atoms in total. The van der Waals surface area contributed by atoms with E-state index in [1.165, 1.54) is 0 Å². The molecule has 1 atom stereocenters. The van der Waals surface area contributed by atoms with Crippen molar-refractivity contribution < 1.29 is 9.18 Å². The summed E-state index contributed by atoms with van der Waals surface area (Å²) < 4.78 is 15.9. The molecule has 2 heterocycles. The van der Waals surface area contributed by atoms with Gasteiger partial charge in [-0.15, -0.1) is 0 Å². The molecule has 1 saturated heterocycles. The molecule has 164 valence electrons. The van der Waals surface area contributed by atoms with E-state index in [1.54, 1.807) is 17.0 Å². The van der Waals surface area contributed by atoms with E-state index in [9.17, 15) is 9.18 Å². The number of aromatic amines is 1. The first-order chi connectivity index (χ1) is 14.9. The first-order valence-electron chi connectivity index (χ1n) is 10.5. The number of nitrogens with zero attached hydrogens (tertiary/aromatic N) is 3. The third kappa shape index (κ3) is 4.97. The number of aromatic nitrogens is 2. The smallest absolute Gasteiger partial charge is 0.239 e. The van der Waals surface area contributed by atoms with E-state index in [2.05, 4.69) is 36.3 Å². The highest BCUT2D eigenvalue weighted by Crippen LogP contribution is 2.30. The lowest BCUT2D eigenvalue weighted by molar-refractivity contribution is -0.131. The molecular formula is C23H27BrFN5O. The summed E-state index contributed by atoms with van der Waals surface area (Å²) in [6.45, 7) is 2.88. The fourth-order valence-electron chi connectivity index (χ4n) is 4.03. The number of hydrogen-bond acceptors (Lipinski definition) is 4.